The third kappa shape index (κ3) is 3.98. The van der Waals surface area contributed by atoms with Crippen molar-refractivity contribution >= 4 is 23.2 Å². The third-order valence-electron chi connectivity index (χ3n) is 3.51. The molecule has 2 rings (SSSR count). The normalized spacial score (nSPS) is 20.7. The molecule has 0 spiro atoms. The zero-order valence-corrected chi connectivity index (χ0v) is 12.7. The topological polar surface area (TPSA) is 64.3 Å². The van der Waals surface area contributed by atoms with Crippen LogP contribution in [0, 0.1) is 17.8 Å². The van der Waals surface area contributed by atoms with Crippen molar-refractivity contribution in [1.29, 1.82) is 0 Å². The van der Waals surface area contributed by atoms with E-state index in [1.54, 1.807) is 18.2 Å². The molecule has 21 heavy (non-hydrogen) atoms. The van der Waals surface area contributed by atoms with E-state index in [4.69, 9.17) is 22.1 Å². The minimum atomic E-state index is -0.121. The summed E-state index contributed by atoms with van der Waals surface area (Å²) in [6.07, 6.45) is 1.56. The first kappa shape index (κ1) is 15.8. The van der Waals surface area contributed by atoms with Crippen LogP contribution >= 0.6 is 11.6 Å². The highest BCUT2D eigenvalue weighted by Gasteiger charge is 2.32. The van der Waals surface area contributed by atoms with E-state index in [0.717, 1.165) is 12.8 Å². The van der Waals surface area contributed by atoms with Crippen molar-refractivity contribution in [3.63, 3.8) is 0 Å². The second-order valence-electron chi connectivity index (χ2n) is 4.90. The van der Waals surface area contributed by atoms with E-state index < -0.39 is 0 Å². The summed E-state index contributed by atoms with van der Waals surface area (Å²) in [6, 6.07) is 5.23. The lowest BCUT2D eigenvalue weighted by molar-refractivity contribution is -0.121. The summed E-state index contributed by atoms with van der Waals surface area (Å²) >= 11 is 6.00. The van der Waals surface area contributed by atoms with Gasteiger partial charge in [0.1, 0.15) is 0 Å². The van der Waals surface area contributed by atoms with Gasteiger partial charge in [0.25, 0.3) is 0 Å². The molecule has 2 unspecified atom stereocenters. The minimum absolute atomic E-state index is 0.0113. The number of nitrogens with one attached hydrogen (secondary N) is 1. The van der Waals surface area contributed by atoms with Crippen molar-refractivity contribution in [3.05, 3.63) is 28.8 Å². The van der Waals surface area contributed by atoms with E-state index in [1.165, 1.54) is 0 Å². The molecule has 0 radical (unpaired) electrons. The van der Waals surface area contributed by atoms with Crippen molar-refractivity contribution in [3.8, 4) is 11.8 Å². The van der Waals surface area contributed by atoms with Crippen molar-refractivity contribution in [2.75, 3.05) is 18.5 Å². The molecule has 1 aromatic carbocycles. The summed E-state index contributed by atoms with van der Waals surface area (Å²) in [5, 5.41) is 3.47. The number of hydrogen-bond acceptors (Lipinski definition) is 3. The number of anilines is 1. The summed E-state index contributed by atoms with van der Waals surface area (Å²) < 4.78 is 5.56. The molecule has 1 saturated heterocycles. The predicted octanol–water partition coefficient (Wildman–Crippen LogP) is 2.40. The molecular weight excluding hydrogens is 288 g/mol. The molecule has 0 aromatic heterocycles. The average Bonchev–Trinajstić information content (AvgIpc) is 2.95. The quantitative estimate of drug-likeness (QED) is 0.843. The summed E-state index contributed by atoms with van der Waals surface area (Å²) in [6.45, 7) is 2.92. The first-order valence-corrected chi connectivity index (χ1v) is 7.44. The Morgan fingerprint density at radius 1 is 1.57 bits per heavy atom. The van der Waals surface area contributed by atoms with Gasteiger partial charge in [-0.25, -0.2) is 0 Å². The summed E-state index contributed by atoms with van der Waals surface area (Å²) in [5.41, 5.74) is 6.72. The first-order valence-electron chi connectivity index (χ1n) is 7.06. The number of benzene rings is 1. The van der Waals surface area contributed by atoms with E-state index in [0.29, 0.717) is 22.9 Å². The van der Waals surface area contributed by atoms with Gasteiger partial charge in [0.2, 0.25) is 5.91 Å². The maximum absolute atomic E-state index is 12.4. The molecule has 112 valence electrons. The zero-order valence-electron chi connectivity index (χ0n) is 12.0. The summed E-state index contributed by atoms with van der Waals surface area (Å²) in [7, 11) is 0. The van der Waals surface area contributed by atoms with Crippen molar-refractivity contribution in [2.24, 2.45) is 11.7 Å². The van der Waals surface area contributed by atoms with Crippen molar-refractivity contribution < 1.29 is 9.53 Å². The largest absolute Gasteiger partial charge is 0.377 e. The standard InChI is InChI=1S/C16H19ClN2O2/c1-2-15-13(7-9-21-15)16(20)19-14-10-12(17)6-5-11(14)4-3-8-18/h5-6,10,13,15H,2,7-9,18H2,1H3,(H,19,20). The van der Waals surface area contributed by atoms with Crippen LogP contribution in [0.5, 0.6) is 0 Å². The number of nitrogens with two attached hydrogens (primary N) is 1. The second kappa shape index (κ2) is 7.46. The van der Waals surface area contributed by atoms with E-state index >= 15 is 0 Å². The van der Waals surface area contributed by atoms with Crippen LogP contribution < -0.4 is 11.1 Å². The Hall–Kier alpha value is -1.54. The molecule has 1 aliphatic heterocycles. The number of carbonyl (C=O) groups is 1. The zero-order chi connectivity index (χ0) is 15.2. The van der Waals surface area contributed by atoms with Crippen LogP contribution in [0.25, 0.3) is 0 Å². The van der Waals surface area contributed by atoms with Crippen LogP contribution in [0.3, 0.4) is 0 Å². The molecule has 1 amide bonds. The number of hydrogen-bond donors (Lipinski definition) is 2. The van der Waals surface area contributed by atoms with Gasteiger partial charge >= 0.3 is 0 Å². The molecule has 0 bridgehead atoms. The lowest BCUT2D eigenvalue weighted by Crippen LogP contribution is -2.29. The molecule has 2 atom stereocenters. The smallest absolute Gasteiger partial charge is 0.230 e. The van der Waals surface area contributed by atoms with Gasteiger partial charge in [0, 0.05) is 17.2 Å². The Morgan fingerprint density at radius 3 is 3.10 bits per heavy atom. The Labute approximate surface area is 130 Å². The van der Waals surface area contributed by atoms with Crippen molar-refractivity contribution in [2.45, 2.75) is 25.9 Å². The van der Waals surface area contributed by atoms with Crippen LogP contribution in [0.1, 0.15) is 25.3 Å². The molecule has 1 aliphatic rings. The highest BCUT2D eigenvalue weighted by molar-refractivity contribution is 6.31. The van der Waals surface area contributed by atoms with Crippen molar-refractivity contribution in [1.82, 2.24) is 0 Å². The Kier molecular flexibility index (Phi) is 5.63. The Morgan fingerprint density at radius 2 is 2.38 bits per heavy atom. The van der Waals surface area contributed by atoms with Gasteiger partial charge in [-0.1, -0.05) is 30.4 Å². The Balaban J connectivity index is 2.18. The minimum Gasteiger partial charge on any atom is -0.377 e. The third-order valence-corrected chi connectivity index (χ3v) is 3.75. The first-order chi connectivity index (χ1) is 10.2. The molecule has 1 fully saturated rings. The lowest BCUT2D eigenvalue weighted by Gasteiger charge is -2.17. The monoisotopic (exact) mass is 306 g/mol. The SMILES string of the molecule is CCC1OCCC1C(=O)Nc1cc(Cl)ccc1C#CCN. The van der Waals surface area contributed by atoms with Gasteiger partial charge in [0.15, 0.2) is 0 Å². The van der Waals surface area contributed by atoms with E-state index in [9.17, 15) is 4.79 Å². The molecule has 5 heteroatoms. The molecule has 4 nitrogen and oxygen atoms in total. The molecule has 3 N–H and O–H groups in total. The molecule has 1 heterocycles. The second-order valence-corrected chi connectivity index (χ2v) is 5.33. The number of amides is 1. The van der Waals surface area contributed by atoms with Gasteiger partial charge in [0.05, 0.1) is 24.3 Å². The van der Waals surface area contributed by atoms with Gasteiger partial charge < -0.3 is 15.8 Å². The predicted molar refractivity (Wildman–Crippen MR) is 84.2 cm³/mol. The average molecular weight is 307 g/mol. The molecule has 1 aromatic rings. The van der Waals surface area contributed by atoms with Gasteiger partial charge in [-0.3, -0.25) is 4.79 Å². The maximum atomic E-state index is 12.4. The highest BCUT2D eigenvalue weighted by Crippen LogP contribution is 2.26. The fourth-order valence-electron chi connectivity index (χ4n) is 2.45. The van der Waals surface area contributed by atoms with Gasteiger partial charge in [-0.2, -0.15) is 0 Å². The fraction of sp³-hybridized carbons (Fsp3) is 0.438. The van der Waals surface area contributed by atoms with Crippen LogP contribution in [-0.4, -0.2) is 25.2 Å². The highest BCUT2D eigenvalue weighted by atomic mass is 35.5. The Bertz CT molecular complexity index is 577. The van der Waals surface area contributed by atoms with Crippen LogP contribution in [0.2, 0.25) is 5.02 Å². The number of ether oxygens (including phenoxy) is 1. The van der Waals surface area contributed by atoms with E-state index in [2.05, 4.69) is 17.2 Å². The molecule has 0 saturated carbocycles. The van der Waals surface area contributed by atoms with Crippen LogP contribution in [0.4, 0.5) is 5.69 Å². The van der Waals surface area contributed by atoms with E-state index in [-0.39, 0.29) is 24.5 Å². The van der Waals surface area contributed by atoms with Crippen LogP contribution in [0.15, 0.2) is 18.2 Å². The van der Waals surface area contributed by atoms with Gasteiger partial charge in [-0.15, -0.1) is 0 Å². The van der Waals surface area contributed by atoms with E-state index in [1.807, 2.05) is 6.92 Å². The summed E-state index contributed by atoms with van der Waals surface area (Å²) in [5.74, 6) is 5.56. The number of carbonyl (C=O) groups excluding carboxylic acids is 1. The molecular formula is C16H19ClN2O2. The maximum Gasteiger partial charge on any atom is 0.230 e. The number of halogens is 1. The lowest BCUT2D eigenvalue weighted by atomic mass is 9.98. The number of rotatable bonds is 3. The van der Waals surface area contributed by atoms with Gasteiger partial charge in [-0.05, 0) is 31.0 Å². The van der Waals surface area contributed by atoms with Crippen LogP contribution in [-0.2, 0) is 9.53 Å². The molecule has 0 aliphatic carbocycles. The fourth-order valence-corrected chi connectivity index (χ4v) is 2.62. The summed E-state index contributed by atoms with van der Waals surface area (Å²) in [4.78, 5) is 12.4.